The van der Waals surface area contributed by atoms with Crippen LogP contribution in [0.25, 0.3) is 0 Å². The van der Waals surface area contributed by atoms with Gasteiger partial charge in [-0.2, -0.15) is 0 Å². The molecule has 1 heterocycles. The average molecular weight is 195 g/mol. The van der Waals surface area contributed by atoms with E-state index in [9.17, 15) is 0 Å². The molecule has 1 aliphatic rings. The number of likely N-dealkylation sites (tertiary alicyclic amines) is 1. The Hall–Kier alpha value is -0.300. The van der Waals surface area contributed by atoms with Crippen LogP contribution in [-0.4, -0.2) is 24.5 Å². The molecule has 1 nitrogen and oxygen atoms in total. The predicted molar refractivity (Wildman–Crippen MR) is 63.6 cm³/mol. The molecule has 1 saturated heterocycles. The number of unbranched alkanes of at least 4 members (excludes halogenated alkanes) is 2. The van der Waals surface area contributed by atoms with Crippen molar-refractivity contribution in [2.24, 2.45) is 0 Å². The minimum atomic E-state index is 1.25. The Balaban J connectivity index is 1.94. The molecule has 14 heavy (non-hydrogen) atoms. The highest BCUT2D eigenvalue weighted by Crippen LogP contribution is 2.08. The molecular formula is C13H25N. The summed E-state index contributed by atoms with van der Waals surface area (Å²) in [4.78, 5) is 2.60. The molecule has 0 radical (unpaired) electrons. The first-order valence-electron chi connectivity index (χ1n) is 6.31. The fourth-order valence-corrected chi connectivity index (χ4v) is 2.00. The lowest BCUT2D eigenvalue weighted by atomic mass is 10.1. The Morgan fingerprint density at radius 1 is 1.00 bits per heavy atom. The van der Waals surface area contributed by atoms with Gasteiger partial charge in [-0.25, -0.2) is 0 Å². The van der Waals surface area contributed by atoms with Gasteiger partial charge in [0, 0.05) is 6.54 Å². The number of rotatable bonds is 6. The maximum absolute atomic E-state index is 2.60. The summed E-state index contributed by atoms with van der Waals surface area (Å²) < 4.78 is 0. The summed E-state index contributed by atoms with van der Waals surface area (Å²) in [5.41, 5.74) is 0. The van der Waals surface area contributed by atoms with E-state index in [-0.39, 0.29) is 0 Å². The van der Waals surface area contributed by atoms with Crippen molar-refractivity contribution in [2.75, 3.05) is 19.6 Å². The number of piperidine rings is 1. The molecule has 0 aromatic carbocycles. The molecule has 0 saturated carbocycles. The minimum Gasteiger partial charge on any atom is -0.303 e. The van der Waals surface area contributed by atoms with Gasteiger partial charge in [-0.3, -0.25) is 0 Å². The Morgan fingerprint density at radius 2 is 1.71 bits per heavy atom. The molecule has 82 valence electrons. The number of nitrogens with zero attached hydrogens (tertiary/aromatic N) is 1. The summed E-state index contributed by atoms with van der Waals surface area (Å²) in [6.45, 7) is 6.20. The van der Waals surface area contributed by atoms with Crippen molar-refractivity contribution in [3.8, 4) is 0 Å². The number of allylic oxidation sites excluding steroid dienone is 1. The van der Waals surface area contributed by atoms with Crippen LogP contribution in [0.2, 0.25) is 0 Å². The summed E-state index contributed by atoms with van der Waals surface area (Å²) in [7, 11) is 0. The molecular weight excluding hydrogens is 170 g/mol. The second-order valence-corrected chi connectivity index (χ2v) is 4.30. The first kappa shape index (κ1) is 11.8. The molecule has 1 rings (SSSR count). The van der Waals surface area contributed by atoms with Gasteiger partial charge in [0.25, 0.3) is 0 Å². The van der Waals surface area contributed by atoms with Crippen molar-refractivity contribution < 1.29 is 0 Å². The highest BCUT2D eigenvalue weighted by molar-refractivity contribution is 4.82. The van der Waals surface area contributed by atoms with Gasteiger partial charge in [-0.05, 0) is 38.8 Å². The molecule has 1 heteroatoms. The van der Waals surface area contributed by atoms with Crippen molar-refractivity contribution in [3.63, 3.8) is 0 Å². The van der Waals surface area contributed by atoms with E-state index in [4.69, 9.17) is 0 Å². The van der Waals surface area contributed by atoms with Crippen molar-refractivity contribution >= 4 is 0 Å². The molecule has 0 atom stereocenters. The molecule has 0 aromatic heterocycles. The van der Waals surface area contributed by atoms with Crippen LogP contribution in [-0.2, 0) is 0 Å². The second kappa shape index (κ2) is 8.05. The molecule has 0 unspecified atom stereocenters. The molecule has 0 spiro atoms. The predicted octanol–water partition coefficient (Wildman–Crippen LogP) is 3.61. The van der Waals surface area contributed by atoms with Crippen LogP contribution in [0.3, 0.4) is 0 Å². The van der Waals surface area contributed by atoms with E-state index in [2.05, 4.69) is 24.0 Å². The maximum atomic E-state index is 2.60. The van der Waals surface area contributed by atoms with E-state index in [1.807, 2.05) is 0 Å². The third kappa shape index (κ3) is 5.43. The molecule has 1 fully saturated rings. The summed E-state index contributed by atoms with van der Waals surface area (Å²) in [5.74, 6) is 0. The lowest BCUT2D eigenvalue weighted by Crippen LogP contribution is -2.30. The van der Waals surface area contributed by atoms with Crippen LogP contribution in [0, 0.1) is 0 Å². The van der Waals surface area contributed by atoms with E-state index in [1.54, 1.807) is 0 Å². The molecule has 0 amide bonds. The van der Waals surface area contributed by atoms with E-state index in [1.165, 1.54) is 64.6 Å². The van der Waals surface area contributed by atoms with Gasteiger partial charge in [0.2, 0.25) is 0 Å². The van der Waals surface area contributed by atoms with Gasteiger partial charge in [-0.1, -0.05) is 38.3 Å². The number of hydrogen-bond donors (Lipinski definition) is 0. The third-order valence-electron chi connectivity index (χ3n) is 2.95. The lowest BCUT2D eigenvalue weighted by Gasteiger charge is -2.25. The maximum Gasteiger partial charge on any atom is 0.00159 e. The number of hydrogen-bond acceptors (Lipinski definition) is 1. The highest BCUT2D eigenvalue weighted by Gasteiger charge is 2.07. The Labute approximate surface area is 89.2 Å². The molecule has 0 N–H and O–H groups in total. The van der Waals surface area contributed by atoms with E-state index < -0.39 is 0 Å². The Kier molecular flexibility index (Phi) is 6.77. The van der Waals surface area contributed by atoms with Crippen LogP contribution >= 0.6 is 0 Å². The zero-order valence-corrected chi connectivity index (χ0v) is 9.67. The zero-order valence-electron chi connectivity index (χ0n) is 9.67. The molecule has 1 aliphatic heterocycles. The third-order valence-corrected chi connectivity index (χ3v) is 2.95. The van der Waals surface area contributed by atoms with Crippen molar-refractivity contribution in [3.05, 3.63) is 12.2 Å². The van der Waals surface area contributed by atoms with Gasteiger partial charge in [0.05, 0.1) is 0 Å². The monoisotopic (exact) mass is 195 g/mol. The molecule has 0 aromatic rings. The van der Waals surface area contributed by atoms with Gasteiger partial charge < -0.3 is 4.90 Å². The van der Waals surface area contributed by atoms with E-state index in [0.29, 0.717) is 0 Å². The second-order valence-electron chi connectivity index (χ2n) is 4.30. The largest absolute Gasteiger partial charge is 0.303 e. The quantitative estimate of drug-likeness (QED) is 0.462. The summed E-state index contributed by atoms with van der Waals surface area (Å²) in [6.07, 6.45) is 14.2. The minimum absolute atomic E-state index is 1.25. The first-order chi connectivity index (χ1) is 6.93. The molecule has 0 bridgehead atoms. The van der Waals surface area contributed by atoms with Crippen molar-refractivity contribution in [1.82, 2.24) is 4.90 Å². The smallest absolute Gasteiger partial charge is 0.00159 e. The standard InChI is InChI=1S/C13H25N/c1-2-3-4-5-6-8-11-14-12-9-7-10-13-14/h5-6H,2-4,7-13H2,1H3. The Morgan fingerprint density at radius 3 is 2.43 bits per heavy atom. The molecule has 0 aliphatic carbocycles. The van der Waals surface area contributed by atoms with E-state index in [0.717, 1.165) is 0 Å². The van der Waals surface area contributed by atoms with Crippen molar-refractivity contribution in [1.29, 1.82) is 0 Å². The summed E-state index contributed by atoms with van der Waals surface area (Å²) in [5, 5.41) is 0. The van der Waals surface area contributed by atoms with Gasteiger partial charge in [0.1, 0.15) is 0 Å². The fraction of sp³-hybridized carbons (Fsp3) is 0.846. The summed E-state index contributed by atoms with van der Waals surface area (Å²) in [6, 6.07) is 0. The van der Waals surface area contributed by atoms with Crippen LogP contribution in [0.5, 0.6) is 0 Å². The lowest BCUT2D eigenvalue weighted by molar-refractivity contribution is 0.233. The van der Waals surface area contributed by atoms with Gasteiger partial charge >= 0.3 is 0 Å². The Bertz CT molecular complexity index is 145. The van der Waals surface area contributed by atoms with Crippen LogP contribution in [0.1, 0.15) is 51.9 Å². The van der Waals surface area contributed by atoms with Gasteiger partial charge in [0.15, 0.2) is 0 Å². The van der Waals surface area contributed by atoms with Gasteiger partial charge in [-0.15, -0.1) is 0 Å². The van der Waals surface area contributed by atoms with Crippen molar-refractivity contribution in [2.45, 2.75) is 51.9 Å². The fourth-order valence-electron chi connectivity index (χ4n) is 2.00. The SMILES string of the molecule is CCCCC=CCCN1CCCCC1. The summed E-state index contributed by atoms with van der Waals surface area (Å²) >= 11 is 0. The van der Waals surface area contributed by atoms with Crippen LogP contribution < -0.4 is 0 Å². The van der Waals surface area contributed by atoms with Crippen LogP contribution in [0.15, 0.2) is 12.2 Å². The normalized spacial score (nSPS) is 19.2. The van der Waals surface area contributed by atoms with Crippen LogP contribution in [0.4, 0.5) is 0 Å². The highest BCUT2D eigenvalue weighted by atomic mass is 15.1. The van der Waals surface area contributed by atoms with E-state index >= 15 is 0 Å². The zero-order chi connectivity index (χ0) is 10.1. The topological polar surface area (TPSA) is 3.24 Å². The average Bonchev–Trinajstić information content (AvgIpc) is 2.25. The first-order valence-corrected chi connectivity index (χ1v) is 6.31.